The highest BCUT2D eigenvalue weighted by molar-refractivity contribution is 7.54. The minimum Gasteiger partial charge on any atom is -0.416 e. The van der Waals surface area contributed by atoms with E-state index < -0.39 is 7.60 Å². The molecule has 0 radical (unpaired) electrons. The van der Waals surface area contributed by atoms with E-state index in [1.54, 1.807) is 31.2 Å². The van der Waals surface area contributed by atoms with Crippen LogP contribution in [-0.4, -0.2) is 6.16 Å². The normalized spacial score (nSPS) is 10.9. The maximum absolute atomic E-state index is 13.1. The van der Waals surface area contributed by atoms with Gasteiger partial charge in [0, 0.05) is 0 Å². The largest absolute Gasteiger partial charge is 0.430 e. The van der Waals surface area contributed by atoms with Crippen molar-refractivity contribution in [1.82, 2.24) is 0 Å². The highest BCUT2D eigenvalue weighted by Crippen LogP contribution is 2.49. The van der Waals surface area contributed by atoms with Gasteiger partial charge in [0.25, 0.3) is 0 Å². The maximum Gasteiger partial charge on any atom is 0.430 e. The zero-order valence-corrected chi connectivity index (χ0v) is 14.9. The Kier molecular flexibility index (Phi) is 6.45. The van der Waals surface area contributed by atoms with Crippen molar-refractivity contribution in [2.75, 3.05) is 6.16 Å². The summed E-state index contributed by atoms with van der Waals surface area (Å²) in [7, 11) is -3.31. The molecule has 0 unspecified atom stereocenters. The molecule has 0 saturated heterocycles. The van der Waals surface area contributed by atoms with Crippen LogP contribution in [0.3, 0.4) is 0 Å². The van der Waals surface area contributed by atoms with E-state index in [9.17, 15) is 4.57 Å². The molecule has 0 heterocycles. The van der Waals surface area contributed by atoms with E-state index in [1.807, 2.05) is 36.4 Å². The Hall–Kier alpha value is -2.25. The standard InChI is InChI=1S/C20H23O3P/c1-4-11-17-13-7-9-15-19(17)22-24(21,6-3)23-20-16-10-8-14-18(20)12-5-2/h4-5,7-10,13-16H,1-2,6,11-12H2,3H3. The number of para-hydroxylation sites is 2. The van der Waals surface area contributed by atoms with Crippen LogP contribution in [0.4, 0.5) is 0 Å². The quantitative estimate of drug-likeness (QED) is 0.426. The highest BCUT2D eigenvalue weighted by Gasteiger charge is 2.27. The summed E-state index contributed by atoms with van der Waals surface area (Å²) in [6, 6.07) is 15.0. The zero-order chi connectivity index (χ0) is 17.4. The molecule has 2 aromatic rings. The van der Waals surface area contributed by atoms with Crippen LogP contribution in [0.1, 0.15) is 18.1 Å². The Labute approximate surface area is 144 Å². The molecule has 0 fully saturated rings. The van der Waals surface area contributed by atoms with Crippen LogP contribution in [-0.2, 0) is 17.4 Å². The lowest BCUT2D eigenvalue weighted by Crippen LogP contribution is -2.06. The van der Waals surface area contributed by atoms with Crippen LogP contribution in [0.25, 0.3) is 0 Å². The van der Waals surface area contributed by atoms with Gasteiger partial charge < -0.3 is 9.05 Å². The van der Waals surface area contributed by atoms with Crippen LogP contribution >= 0.6 is 7.60 Å². The lowest BCUT2D eigenvalue weighted by Gasteiger charge is -2.21. The highest BCUT2D eigenvalue weighted by atomic mass is 31.2. The lowest BCUT2D eigenvalue weighted by atomic mass is 10.1. The van der Waals surface area contributed by atoms with E-state index in [4.69, 9.17) is 9.05 Å². The molecular weight excluding hydrogens is 319 g/mol. The minimum atomic E-state index is -3.31. The molecule has 0 aliphatic heterocycles. The van der Waals surface area contributed by atoms with Gasteiger partial charge >= 0.3 is 7.60 Å². The molecule has 24 heavy (non-hydrogen) atoms. The minimum absolute atomic E-state index is 0.276. The van der Waals surface area contributed by atoms with Gasteiger partial charge in [0.15, 0.2) is 0 Å². The number of hydrogen-bond acceptors (Lipinski definition) is 3. The van der Waals surface area contributed by atoms with Crippen LogP contribution < -0.4 is 9.05 Å². The summed E-state index contributed by atoms with van der Waals surface area (Å²) in [5, 5.41) is 0. The third-order valence-electron chi connectivity index (χ3n) is 3.54. The van der Waals surface area contributed by atoms with E-state index in [-0.39, 0.29) is 6.16 Å². The van der Waals surface area contributed by atoms with Crippen molar-refractivity contribution in [1.29, 1.82) is 0 Å². The van der Waals surface area contributed by atoms with Crippen molar-refractivity contribution in [3.05, 3.63) is 85.0 Å². The van der Waals surface area contributed by atoms with Crippen LogP contribution in [0.5, 0.6) is 11.5 Å². The number of allylic oxidation sites excluding steroid dienone is 2. The molecule has 0 N–H and O–H groups in total. The second kappa shape index (κ2) is 8.56. The molecule has 0 aliphatic carbocycles. The third-order valence-corrected chi connectivity index (χ3v) is 5.26. The molecule has 0 atom stereocenters. The Bertz CT molecular complexity index is 693. The van der Waals surface area contributed by atoms with Gasteiger partial charge in [0.05, 0.1) is 6.16 Å². The monoisotopic (exact) mass is 342 g/mol. The fourth-order valence-corrected chi connectivity index (χ4v) is 3.53. The van der Waals surface area contributed by atoms with Gasteiger partial charge in [-0.25, -0.2) is 4.57 Å². The van der Waals surface area contributed by atoms with E-state index in [0.29, 0.717) is 24.3 Å². The van der Waals surface area contributed by atoms with Gasteiger partial charge in [0.2, 0.25) is 0 Å². The summed E-state index contributed by atoms with van der Waals surface area (Å²) in [5.74, 6) is 1.15. The van der Waals surface area contributed by atoms with Crippen molar-refractivity contribution < 1.29 is 13.6 Å². The van der Waals surface area contributed by atoms with Gasteiger partial charge in [-0.2, -0.15) is 0 Å². The number of benzene rings is 2. The first-order chi connectivity index (χ1) is 11.6. The van der Waals surface area contributed by atoms with Crippen LogP contribution in [0, 0.1) is 0 Å². The summed E-state index contributed by atoms with van der Waals surface area (Å²) in [6.45, 7) is 9.30. The molecule has 0 bridgehead atoms. The van der Waals surface area contributed by atoms with Gasteiger partial charge in [-0.05, 0) is 36.1 Å². The van der Waals surface area contributed by atoms with Gasteiger partial charge in [-0.3, -0.25) is 0 Å². The average molecular weight is 342 g/mol. The Balaban J connectivity index is 2.28. The first-order valence-electron chi connectivity index (χ1n) is 7.97. The fraction of sp³-hybridized carbons (Fsp3) is 0.200. The predicted octanol–water partition coefficient (Wildman–Crippen LogP) is 5.81. The molecule has 3 nitrogen and oxygen atoms in total. The van der Waals surface area contributed by atoms with E-state index in [0.717, 1.165) is 11.1 Å². The van der Waals surface area contributed by atoms with E-state index in [1.165, 1.54) is 0 Å². The summed E-state index contributed by atoms with van der Waals surface area (Å²) < 4.78 is 24.8. The zero-order valence-electron chi connectivity index (χ0n) is 14.0. The molecule has 2 aromatic carbocycles. The maximum atomic E-state index is 13.1. The Morgan fingerprint density at radius 3 is 1.67 bits per heavy atom. The van der Waals surface area contributed by atoms with Crippen molar-refractivity contribution in [2.24, 2.45) is 0 Å². The van der Waals surface area contributed by atoms with Gasteiger partial charge in [0.1, 0.15) is 11.5 Å². The summed E-state index contributed by atoms with van der Waals surface area (Å²) >= 11 is 0. The number of rotatable bonds is 9. The SMILES string of the molecule is C=CCc1ccccc1OP(=O)(CC)Oc1ccccc1CC=C. The molecule has 0 aromatic heterocycles. The van der Waals surface area contributed by atoms with Crippen molar-refractivity contribution in [2.45, 2.75) is 19.8 Å². The predicted molar refractivity (Wildman–Crippen MR) is 100 cm³/mol. The van der Waals surface area contributed by atoms with E-state index >= 15 is 0 Å². The summed E-state index contributed by atoms with van der Waals surface area (Å²) in [5.41, 5.74) is 1.87. The molecule has 0 spiro atoms. The summed E-state index contributed by atoms with van der Waals surface area (Å²) in [6.07, 6.45) is 5.15. The van der Waals surface area contributed by atoms with Crippen molar-refractivity contribution in [3.8, 4) is 11.5 Å². The fourth-order valence-electron chi connectivity index (χ4n) is 2.28. The third kappa shape index (κ3) is 4.62. The lowest BCUT2D eigenvalue weighted by molar-refractivity contribution is 0.385. The second-order valence-corrected chi connectivity index (χ2v) is 7.53. The van der Waals surface area contributed by atoms with Crippen LogP contribution in [0.2, 0.25) is 0 Å². The smallest absolute Gasteiger partial charge is 0.416 e. The first-order valence-corrected chi connectivity index (χ1v) is 9.70. The van der Waals surface area contributed by atoms with Gasteiger partial charge in [-0.1, -0.05) is 55.5 Å². The van der Waals surface area contributed by atoms with E-state index in [2.05, 4.69) is 13.2 Å². The van der Waals surface area contributed by atoms with Crippen molar-refractivity contribution >= 4 is 7.60 Å². The molecule has 0 saturated carbocycles. The molecule has 2 rings (SSSR count). The topological polar surface area (TPSA) is 35.5 Å². The first kappa shape index (κ1) is 18.1. The van der Waals surface area contributed by atoms with Crippen molar-refractivity contribution in [3.63, 3.8) is 0 Å². The second-order valence-electron chi connectivity index (χ2n) is 5.31. The molecule has 4 heteroatoms. The molecular formula is C20H23O3P. The Morgan fingerprint density at radius 2 is 1.29 bits per heavy atom. The summed E-state index contributed by atoms with van der Waals surface area (Å²) in [4.78, 5) is 0. The van der Waals surface area contributed by atoms with Crippen LogP contribution in [0.15, 0.2) is 73.8 Å². The van der Waals surface area contributed by atoms with Gasteiger partial charge in [-0.15, -0.1) is 13.2 Å². The molecule has 0 amide bonds. The molecule has 126 valence electrons. The average Bonchev–Trinajstić information content (AvgIpc) is 2.59. The molecule has 0 aliphatic rings. The number of hydrogen-bond donors (Lipinski definition) is 0. The Morgan fingerprint density at radius 1 is 0.875 bits per heavy atom.